The zero-order valence-corrected chi connectivity index (χ0v) is 13.4. The fourth-order valence-electron chi connectivity index (χ4n) is 2.46. The van der Waals surface area contributed by atoms with E-state index in [0.29, 0.717) is 31.9 Å². The van der Waals surface area contributed by atoms with Crippen LogP contribution in [0.3, 0.4) is 0 Å². The van der Waals surface area contributed by atoms with Crippen molar-refractivity contribution in [1.29, 1.82) is 0 Å². The van der Waals surface area contributed by atoms with Crippen molar-refractivity contribution in [3.05, 3.63) is 33.7 Å². The fraction of sp³-hybridized carbons (Fsp3) is 0.600. The van der Waals surface area contributed by atoms with E-state index in [9.17, 15) is 22.8 Å². The van der Waals surface area contributed by atoms with Gasteiger partial charge in [-0.25, -0.2) is 0 Å². The zero-order valence-electron chi connectivity index (χ0n) is 13.4. The Labute approximate surface area is 137 Å². The molecule has 9 heteroatoms. The largest absolute Gasteiger partial charge is 0.405 e. The number of pyridine rings is 1. The van der Waals surface area contributed by atoms with E-state index in [1.54, 1.807) is 17.6 Å². The zero-order chi connectivity index (χ0) is 17.7. The van der Waals surface area contributed by atoms with Gasteiger partial charge in [-0.2, -0.15) is 13.2 Å². The Hall–Kier alpha value is -1.87. The first-order valence-electron chi connectivity index (χ1n) is 7.63. The van der Waals surface area contributed by atoms with Crippen molar-refractivity contribution in [1.82, 2.24) is 14.8 Å². The molecule has 24 heavy (non-hydrogen) atoms. The van der Waals surface area contributed by atoms with Crippen LogP contribution in [0.1, 0.15) is 15.9 Å². The van der Waals surface area contributed by atoms with Gasteiger partial charge in [0, 0.05) is 32.4 Å². The molecule has 0 saturated carbocycles. The van der Waals surface area contributed by atoms with Crippen LogP contribution in [0.15, 0.2) is 17.1 Å². The summed E-state index contributed by atoms with van der Waals surface area (Å²) in [5, 5.41) is 1.75. The number of carbonyl (C=O) groups excluding carboxylic acids is 1. The van der Waals surface area contributed by atoms with Gasteiger partial charge in [-0.3, -0.25) is 14.5 Å². The normalized spacial score (nSPS) is 16.2. The highest BCUT2D eigenvalue weighted by Crippen LogP contribution is 2.12. The first-order chi connectivity index (χ1) is 11.3. The van der Waals surface area contributed by atoms with Crippen LogP contribution in [0.2, 0.25) is 0 Å². The Balaban J connectivity index is 2.08. The molecular formula is C15H20F3N3O3. The predicted molar refractivity (Wildman–Crippen MR) is 81.1 cm³/mol. The Morgan fingerprint density at radius 2 is 1.96 bits per heavy atom. The smallest absolute Gasteiger partial charge is 0.379 e. The van der Waals surface area contributed by atoms with Crippen molar-refractivity contribution in [3.8, 4) is 0 Å². The third kappa shape index (κ3) is 5.07. The summed E-state index contributed by atoms with van der Waals surface area (Å²) in [6.45, 7) is 3.82. The van der Waals surface area contributed by atoms with Gasteiger partial charge in [0.15, 0.2) is 0 Å². The third-order valence-electron chi connectivity index (χ3n) is 3.81. The van der Waals surface area contributed by atoms with Crippen LogP contribution in [-0.2, 0) is 11.3 Å². The summed E-state index contributed by atoms with van der Waals surface area (Å²) in [4.78, 5) is 26.5. The maximum atomic E-state index is 12.4. The van der Waals surface area contributed by atoms with Crippen molar-refractivity contribution < 1.29 is 22.7 Å². The number of nitrogens with one attached hydrogen (secondary N) is 1. The number of aryl methyl sites for hydroxylation is 1. The van der Waals surface area contributed by atoms with E-state index in [1.807, 2.05) is 0 Å². The summed E-state index contributed by atoms with van der Waals surface area (Å²) >= 11 is 0. The van der Waals surface area contributed by atoms with Gasteiger partial charge in [0.05, 0.1) is 13.2 Å². The number of ether oxygens (including phenoxy) is 1. The van der Waals surface area contributed by atoms with E-state index in [4.69, 9.17) is 4.74 Å². The highest BCUT2D eigenvalue weighted by atomic mass is 19.4. The molecule has 1 fully saturated rings. The van der Waals surface area contributed by atoms with Crippen molar-refractivity contribution in [2.75, 3.05) is 39.4 Å². The standard InChI is InChI=1S/C15H20F3N3O3/c1-11-2-3-21(5-4-20-6-8-24-9-7-20)14(23)12(11)13(22)19-10-15(16,17)18/h2-3H,4-10H2,1H3,(H,19,22). The van der Waals surface area contributed by atoms with Crippen LogP contribution in [0.25, 0.3) is 0 Å². The number of hydrogen-bond donors (Lipinski definition) is 1. The van der Waals surface area contributed by atoms with E-state index in [1.165, 1.54) is 11.5 Å². The second-order valence-electron chi connectivity index (χ2n) is 5.62. The molecule has 1 aromatic rings. The summed E-state index contributed by atoms with van der Waals surface area (Å²) in [5.74, 6) is -1.00. The summed E-state index contributed by atoms with van der Waals surface area (Å²) in [6.07, 6.45) is -2.97. The van der Waals surface area contributed by atoms with Crippen molar-refractivity contribution in [2.45, 2.75) is 19.6 Å². The second kappa shape index (κ2) is 7.80. The number of aromatic nitrogens is 1. The summed E-state index contributed by atoms with van der Waals surface area (Å²) in [7, 11) is 0. The number of amides is 1. The molecule has 1 aromatic heterocycles. The molecule has 0 atom stereocenters. The first-order valence-corrected chi connectivity index (χ1v) is 7.63. The molecule has 2 rings (SSSR count). The lowest BCUT2D eigenvalue weighted by Gasteiger charge is -2.26. The fourth-order valence-corrected chi connectivity index (χ4v) is 2.46. The molecule has 0 bridgehead atoms. The molecule has 0 spiro atoms. The Morgan fingerprint density at radius 1 is 1.29 bits per heavy atom. The van der Waals surface area contributed by atoms with Crippen molar-refractivity contribution in [3.63, 3.8) is 0 Å². The molecule has 1 saturated heterocycles. The lowest BCUT2D eigenvalue weighted by Crippen LogP contribution is -2.41. The SMILES string of the molecule is Cc1ccn(CCN2CCOCC2)c(=O)c1C(=O)NCC(F)(F)F. The predicted octanol–water partition coefficient (Wildman–Crippen LogP) is 0.781. The highest BCUT2D eigenvalue weighted by molar-refractivity contribution is 5.95. The van der Waals surface area contributed by atoms with E-state index in [0.717, 1.165) is 13.1 Å². The minimum Gasteiger partial charge on any atom is -0.379 e. The van der Waals surface area contributed by atoms with Crippen molar-refractivity contribution in [2.24, 2.45) is 0 Å². The van der Waals surface area contributed by atoms with Crippen LogP contribution >= 0.6 is 0 Å². The number of nitrogens with zero attached hydrogens (tertiary/aromatic N) is 2. The van der Waals surface area contributed by atoms with Gasteiger partial charge < -0.3 is 14.6 Å². The maximum Gasteiger partial charge on any atom is 0.405 e. The van der Waals surface area contributed by atoms with Crippen LogP contribution < -0.4 is 10.9 Å². The Kier molecular flexibility index (Phi) is 6.00. The second-order valence-corrected chi connectivity index (χ2v) is 5.62. The van der Waals surface area contributed by atoms with Gasteiger partial charge in [-0.1, -0.05) is 0 Å². The minimum absolute atomic E-state index is 0.247. The summed E-state index contributed by atoms with van der Waals surface area (Å²) in [5.41, 5.74) is -0.478. The van der Waals surface area contributed by atoms with Gasteiger partial charge >= 0.3 is 6.18 Å². The number of halogens is 3. The molecule has 0 unspecified atom stereocenters. The van der Waals surface area contributed by atoms with Crippen LogP contribution in [0.4, 0.5) is 13.2 Å². The maximum absolute atomic E-state index is 12.4. The number of hydrogen-bond acceptors (Lipinski definition) is 4. The van der Waals surface area contributed by atoms with Crippen LogP contribution in [0.5, 0.6) is 0 Å². The molecule has 1 amide bonds. The lowest BCUT2D eigenvalue weighted by molar-refractivity contribution is -0.123. The van der Waals surface area contributed by atoms with Gasteiger partial charge in [-0.05, 0) is 18.6 Å². The molecule has 6 nitrogen and oxygen atoms in total. The Morgan fingerprint density at radius 3 is 2.58 bits per heavy atom. The summed E-state index contributed by atoms with van der Waals surface area (Å²) in [6, 6.07) is 1.56. The van der Waals surface area contributed by atoms with Crippen molar-refractivity contribution >= 4 is 5.91 Å². The quantitative estimate of drug-likeness (QED) is 0.855. The van der Waals surface area contributed by atoms with Gasteiger partial charge in [0.2, 0.25) is 0 Å². The Bertz CT molecular complexity index is 637. The summed E-state index contributed by atoms with van der Waals surface area (Å²) < 4.78 is 43.3. The molecule has 0 aliphatic carbocycles. The number of morpholine rings is 1. The third-order valence-corrected chi connectivity index (χ3v) is 3.81. The van der Waals surface area contributed by atoms with E-state index >= 15 is 0 Å². The van der Waals surface area contributed by atoms with Gasteiger partial charge in [0.25, 0.3) is 11.5 Å². The van der Waals surface area contributed by atoms with Gasteiger partial charge in [0.1, 0.15) is 12.1 Å². The molecule has 1 aliphatic heterocycles. The number of alkyl halides is 3. The molecule has 0 aromatic carbocycles. The number of carbonyl (C=O) groups is 1. The molecule has 1 aliphatic rings. The van der Waals surface area contributed by atoms with E-state index in [-0.39, 0.29) is 5.56 Å². The average molecular weight is 347 g/mol. The first kappa shape index (κ1) is 18.5. The number of rotatable bonds is 5. The average Bonchev–Trinajstić information content (AvgIpc) is 2.52. The van der Waals surface area contributed by atoms with E-state index < -0.39 is 24.2 Å². The molecule has 2 heterocycles. The lowest BCUT2D eigenvalue weighted by atomic mass is 10.1. The molecule has 1 N–H and O–H groups in total. The highest BCUT2D eigenvalue weighted by Gasteiger charge is 2.29. The topological polar surface area (TPSA) is 63.6 Å². The molecule has 0 radical (unpaired) electrons. The molecule has 134 valence electrons. The van der Waals surface area contributed by atoms with Crippen LogP contribution in [-0.4, -0.2) is 60.9 Å². The van der Waals surface area contributed by atoms with Gasteiger partial charge in [-0.15, -0.1) is 0 Å². The molecular weight excluding hydrogens is 327 g/mol. The van der Waals surface area contributed by atoms with Crippen LogP contribution in [0, 0.1) is 6.92 Å². The minimum atomic E-state index is -4.52. The van der Waals surface area contributed by atoms with E-state index in [2.05, 4.69) is 4.90 Å². The monoisotopic (exact) mass is 347 g/mol.